The van der Waals surface area contributed by atoms with Crippen molar-refractivity contribution in [3.05, 3.63) is 38.9 Å². The third-order valence-electron chi connectivity index (χ3n) is 1.72. The molecule has 0 spiro atoms. The van der Waals surface area contributed by atoms with E-state index < -0.39 is 22.7 Å². The highest BCUT2D eigenvalue weighted by atomic mass is 35.5. The standard InChI is InChI=1S/C8H6ClNO5/c9-5-2-1-4(7(11)8(12)13)3-6(5)10(14)15/h1-3,7,11H,(H,12,13)/t7-/m1/s1. The van der Waals surface area contributed by atoms with Crippen molar-refractivity contribution in [3.63, 3.8) is 0 Å². The lowest BCUT2D eigenvalue weighted by Gasteiger charge is -2.05. The second kappa shape index (κ2) is 4.24. The molecule has 2 N–H and O–H groups in total. The van der Waals surface area contributed by atoms with E-state index in [4.69, 9.17) is 21.8 Å². The minimum absolute atomic E-state index is 0.0846. The van der Waals surface area contributed by atoms with Gasteiger partial charge >= 0.3 is 5.97 Å². The Balaban J connectivity index is 3.18. The van der Waals surface area contributed by atoms with Gasteiger partial charge in [0, 0.05) is 6.07 Å². The number of aliphatic hydroxyl groups excluding tert-OH is 1. The topological polar surface area (TPSA) is 101 Å². The van der Waals surface area contributed by atoms with Crippen molar-refractivity contribution in [2.75, 3.05) is 0 Å². The zero-order chi connectivity index (χ0) is 11.6. The van der Waals surface area contributed by atoms with E-state index in [1.807, 2.05) is 0 Å². The molecule has 0 aliphatic carbocycles. The molecule has 0 heterocycles. The van der Waals surface area contributed by atoms with Crippen molar-refractivity contribution in [2.45, 2.75) is 6.10 Å². The molecule has 0 amide bonds. The van der Waals surface area contributed by atoms with E-state index in [0.29, 0.717) is 0 Å². The Morgan fingerprint density at radius 3 is 2.60 bits per heavy atom. The first-order valence-electron chi connectivity index (χ1n) is 3.78. The van der Waals surface area contributed by atoms with Gasteiger partial charge in [-0.15, -0.1) is 0 Å². The van der Waals surface area contributed by atoms with E-state index in [1.165, 1.54) is 12.1 Å². The fourth-order valence-corrected chi connectivity index (χ4v) is 1.17. The van der Waals surface area contributed by atoms with Crippen molar-refractivity contribution in [2.24, 2.45) is 0 Å². The van der Waals surface area contributed by atoms with Gasteiger partial charge in [0.1, 0.15) is 5.02 Å². The maximum atomic E-state index is 10.5. The molecule has 1 aromatic carbocycles. The lowest BCUT2D eigenvalue weighted by atomic mass is 10.1. The van der Waals surface area contributed by atoms with Crippen molar-refractivity contribution in [1.82, 2.24) is 0 Å². The molecule has 0 aliphatic rings. The van der Waals surface area contributed by atoms with Crippen LogP contribution in [0.2, 0.25) is 5.02 Å². The van der Waals surface area contributed by atoms with E-state index in [1.54, 1.807) is 0 Å². The molecule has 0 radical (unpaired) electrons. The Morgan fingerprint density at radius 1 is 1.53 bits per heavy atom. The number of aliphatic carboxylic acids is 1. The summed E-state index contributed by atoms with van der Waals surface area (Å²) in [6.07, 6.45) is -1.79. The number of carboxylic acids is 1. The van der Waals surface area contributed by atoms with Gasteiger partial charge in [0.15, 0.2) is 6.10 Å². The molecule has 80 valence electrons. The molecule has 0 saturated carbocycles. The number of hydrogen-bond acceptors (Lipinski definition) is 4. The van der Waals surface area contributed by atoms with Gasteiger partial charge in [0.05, 0.1) is 4.92 Å². The summed E-state index contributed by atoms with van der Waals surface area (Å²) in [5.41, 5.74) is -0.520. The lowest BCUT2D eigenvalue weighted by Crippen LogP contribution is -2.10. The van der Waals surface area contributed by atoms with Crippen LogP contribution in [0.3, 0.4) is 0 Å². The predicted molar refractivity (Wildman–Crippen MR) is 50.7 cm³/mol. The van der Waals surface area contributed by atoms with Crippen LogP contribution in [0.25, 0.3) is 0 Å². The molecule has 0 aliphatic heterocycles. The fourth-order valence-electron chi connectivity index (χ4n) is 0.982. The number of nitrogens with zero attached hydrogens (tertiary/aromatic N) is 1. The summed E-state index contributed by atoms with van der Waals surface area (Å²) >= 11 is 5.50. The van der Waals surface area contributed by atoms with Crippen LogP contribution in [-0.4, -0.2) is 21.1 Å². The van der Waals surface area contributed by atoms with Crippen molar-refractivity contribution >= 4 is 23.3 Å². The molecule has 15 heavy (non-hydrogen) atoms. The summed E-state index contributed by atoms with van der Waals surface area (Å²) in [5.74, 6) is -1.48. The van der Waals surface area contributed by atoms with Crippen LogP contribution in [-0.2, 0) is 4.79 Å². The molecule has 0 saturated heterocycles. The molecule has 7 heteroatoms. The van der Waals surface area contributed by atoms with Gasteiger partial charge in [0.25, 0.3) is 5.69 Å². The number of nitro benzene ring substituents is 1. The van der Waals surface area contributed by atoms with Crippen molar-refractivity contribution in [3.8, 4) is 0 Å². The maximum absolute atomic E-state index is 10.5. The Morgan fingerprint density at radius 2 is 2.13 bits per heavy atom. The first-order valence-corrected chi connectivity index (χ1v) is 4.16. The third-order valence-corrected chi connectivity index (χ3v) is 2.04. The molecular formula is C8H6ClNO5. The Bertz CT molecular complexity index is 419. The zero-order valence-corrected chi connectivity index (χ0v) is 8.01. The van der Waals surface area contributed by atoms with Crippen LogP contribution in [0.4, 0.5) is 5.69 Å². The van der Waals surface area contributed by atoms with E-state index in [2.05, 4.69) is 0 Å². The summed E-state index contributed by atoms with van der Waals surface area (Å²) in [6, 6.07) is 3.32. The van der Waals surface area contributed by atoms with E-state index in [-0.39, 0.29) is 10.6 Å². The van der Waals surface area contributed by atoms with Crippen LogP contribution in [0.5, 0.6) is 0 Å². The van der Waals surface area contributed by atoms with Gasteiger partial charge in [-0.3, -0.25) is 10.1 Å². The minimum Gasteiger partial charge on any atom is -0.479 e. The van der Waals surface area contributed by atoms with Crippen molar-refractivity contribution < 1.29 is 19.9 Å². The number of carbonyl (C=O) groups is 1. The number of nitro groups is 1. The maximum Gasteiger partial charge on any atom is 0.337 e. The molecule has 0 unspecified atom stereocenters. The van der Waals surface area contributed by atoms with Crippen LogP contribution < -0.4 is 0 Å². The number of carboxylic acid groups (broad SMARTS) is 1. The number of benzene rings is 1. The van der Waals surface area contributed by atoms with Crippen molar-refractivity contribution in [1.29, 1.82) is 0 Å². The largest absolute Gasteiger partial charge is 0.479 e. The summed E-state index contributed by atoms with van der Waals surface area (Å²) < 4.78 is 0. The molecular weight excluding hydrogens is 226 g/mol. The van der Waals surface area contributed by atoms with Crippen LogP contribution in [0.15, 0.2) is 18.2 Å². The van der Waals surface area contributed by atoms with Gasteiger partial charge < -0.3 is 10.2 Å². The first kappa shape index (κ1) is 11.4. The molecule has 0 fully saturated rings. The van der Waals surface area contributed by atoms with Gasteiger partial charge in [0.2, 0.25) is 0 Å². The molecule has 1 aromatic rings. The average Bonchev–Trinajstić information content (AvgIpc) is 2.16. The molecule has 1 atom stereocenters. The number of rotatable bonds is 3. The quantitative estimate of drug-likeness (QED) is 0.604. The van der Waals surface area contributed by atoms with Crippen LogP contribution in [0.1, 0.15) is 11.7 Å². The monoisotopic (exact) mass is 231 g/mol. The zero-order valence-electron chi connectivity index (χ0n) is 7.25. The highest BCUT2D eigenvalue weighted by Crippen LogP contribution is 2.27. The van der Waals surface area contributed by atoms with Gasteiger partial charge in [-0.1, -0.05) is 17.7 Å². The van der Waals surface area contributed by atoms with Crippen LogP contribution in [0, 0.1) is 10.1 Å². The molecule has 0 aromatic heterocycles. The SMILES string of the molecule is O=C(O)[C@H](O)c1ccc(Cl)c([N+](=O)[O-])c1. The number of hydrogen-bond donors (Lipinski definition) is 2. The molecule has 6 nitrogen and oxygen atoms in total. The fraction of sp³-hybridized carbons (Fsp3) is 0.125. The summed E-state index contributed by atoms with van der Waals surface area (Å²) in [7, 11) is 0. The summed E-state index contributed by atoms with van der Waals surface area (Å²) in [5, 5.41) is 28.0. The van der Waals surface area contributed by atoms with E-state index in [0.717, 1.165) is 6.07 Å². The molecule has 0 bridgehead atoms. The highest BCUT2D eigenvalue weighted by Gasteiger charge is 2.20. The lowest BCUT2D eigenvalue weighted by molar-refractivity contribution is -0.384. The first-order chi connectivity index (χ1) is 6.93. The predicted octanol–water partition coefficient (Wildman–Crippen LogP) is 1.37. The second-order valence-corrected chi connectivity index (χ2v) is 3.12. The smallest absolute Gasteiger partial charge is 0.337 e. The van der Waals surface area contributed by atoms with E-state index in [9.17, 15) is 14.9 Å². The molecule has 1 rings (SSSR count). The highest BCUT2D eigenvalue weighted by molar-refractivity contribution is 6.32. The summed E-state index contributed by atoms with van der Waals surface area (Å²) in [6.45, 7) is 0. The van der Waals surface area contributed by atoms with Gasteiger partial charge in [-0.05, 0) is 11.6 Å². The number of aliphatic hydroxyl groups is 1. The van der Waals surface area contributed by atoms with Gasteiger partial charge in [-0.25, -0.2) is 4.79 Å². The Hall–Kier alpha value is -1.66. The second-order valence-electron chi connectivity index (χ2n) is 2.71. The normalized spacial score (nSPS) is 12.1. The Kier molecular flexibility index (Phi) is 3.23. The minimum atomic E-state index is -1.79. The number of halogens is 1. The van der Waals surface area contributed by atoms with Crippen LogP contribution >= 0.6 is 11.6 Å². The average molecular weight is 232 g/mol. The summed E-state index contributed by atoms with van der Waals surface area (Å²) in [4.78, 5) is 20.1. The van der Waals surface area contributed by atoms with Gasteiger partial charge in [-0.2, -0.15) is 0 Å². The van der Waals surface area contributed by atoms with E-state index >= 15 is 0 Å². The Labute approximate surface area is 88.9 Å². The third kappa shape index (κ3) is 2.42.